The quantitative estimate of drug-likeness (QED) is 0.510. The van der Waals surface area contributed by atoms with Gasteiger partial charge in [-0.15, -0.1) is 11.8 Å². The molecule has 1 spiro atoms. The van der Waals surface area contributed by atoms with Crippen LogP contribution >= 0.6 is 11.8 Å². The summed E-state index contributed by atoms with van der Waals surface area (Å²) in [7, 11) is 1.23. The van der Waals surface area contributed by atoms with Gasteiger partial charge in [-0.25, -0.2) is 9.59 Å². The van der Waals surface area contributed by atoms with E-state index in [9.17, 15) is 19.5 Å². The second-order valence-electron chi connectivity index (χ2n) is 5.79. The Labute approximate surface area is 124 Å². The summed E-state index contributed by atoms with van der Waals surface area (Å²) < 4.78 is 4.04. The minimum atomic E-state index is -1.11. The Balaban J connectivity index is 2.00. The van der Waals surface area contributed by atoms with Gasteiger partial charge in [-0.2, -0.15) is 5.10 Å². The number of fused-ring (bicyclic) bond motifs is 2. The number of carboxylic acid groups (broad SMARTS) is 1. The van der Waals surface area contributed by atoms with E-state index in [1.54, 1.807) is 13.8 Å². The van der Waals surface area contributed by atoms with Gasteiger partial charge in [-0.05, 0) is 13.8 Å². The van der Waals surface area contributed by atoms with Gasteiger partial charge in [-0.3, -0.25) is 4.79 Å². The van der Waals surface area contributed by atoms with Crippen molar-refractivity contribution in [3.05, 3.63) is 0 Å². The molecule has 0 aliphatic carbocycles. The monoisotopic (exact) mass is 313 g/mol. The van der Waals surface area contributed by atoms with Crippen LogP contribution in [0.2, 0.25) is 0 Å². The fourth-order valence-corrected chi connectivity index (χ4v) is 5.01. The number of esters is 1. The number of nitrogens with zero attached hydrogens (tertiary/aromatic N) is 2. The van der Waals surface area contributed by atoms with Crippen molar-refractivity contribution in [1.82, 2.24) is 10.3 Å². The minimum Gasteiger partial charge on any atom is -0.480 e. The fourth-order valence-electron chi connectivity index (χ4n) is 3.26. The summed E-state index contributed by atoms with van der Waals surface area (Å²) in [6.45, 7) is 3.76. The molecule has 2 N–H and O–H groups in total. The van der Waals surface area contributed by atoms with Crippen LogP contribution < -0.4 is 5.43 Å². The lowest BCUT2D eigenvalue weighted by molar-refractivity contribution is -0.167. The molecule has 3 rings (SSSR count). The largest absolute Gasteiger partial charge is 0.480 e. The first kappa shape index (κ1) is 14.2. The Morgan fingerprint density at radius 1 is 1.52 bits per heavy atom. The second kappa shape index (κ2) is 4.12. The van der Waals surface area contributed by atoms with Crippen molar-refractivity contribution in [2.75, 3.05) is 13.7 Å². The van der Waals surface area contributed by atoms with Crippen molar-refractivity contribution in [2.24, 2.45) is 10.5 Å². The van der Waals surface area contributed by atoms with Gasteiger partial charge in [0.15, 0.2) is 5.71 Å². The third kappa shape index (κ3) is 1.52. The van der Waals surface area contributed by atoms with E-state index in [1.807, 2.05) is 0 Å². The van der Waals surface area contributed by atoms with Crippen molar-refractivity contribution >= 4 is 35.3 Å². The van der Waals surface area contributed by atoms with Crippen LogP contribution in [-0.4, -0.2) is 63.4 Å². The van der Waals surface area contributed by atoms with Gasteiger partial charge in [0.1, 0.15) is 16.8 Å². The van der Waals surface area contributed by atoms with Crippen LogP contribution in [0.5, 0.6) is 0 Å². The molecule has 2 saturated heterocycles. The summed E-state index contributed by atoms with van der Waals surface area (Å²) in [6, 6.07) is -0.912. The standard InChI is InChI=1S/C12H15N3O5S/c1-11(2)6(7(16)17)15-9(19)12(10(15)21-11)4-13-14-5(12)8(18)20-3/h6,10,13H,4H2,1-3H3,(H,16,17)/t6-,10+,12+/m0/s1. The zero-order valence-electron chi connectivity index (χ0n) is 11.7. The number of hydrazone groups is 1. The van der Waals surface area contributed by atoms with Gasteiger partial charge in [-0.1, -0.05) is 0 Å². The average Bonchev–Trinajstić information content (AvgIpc) is 2.96. The predicted octanol–water partition coefficient (Wildman–Crippen LogP) is -0.748. The van der Waals surface area contributed by atoms with Crippen LogP contribution in [0.15, 0.2) is 5.10 Å². The fraction of sp³-hybridized carbons (Fsp3) is 0.667. The van der Waals surface area contributed by atoms with Gasteiger partial charge >= 0.3 is 11.9 Å². The van der Waals surface area contributed by atoms with Crippen LogP contribution in [0.4, 0.5) is 0 Å². The Morgan fingerprint density at radius 3 is 2.76 bits per heavy atom. The van der Waals surface area contributed by atoms with E-state index in [0.29, 0.717) is 0 Å². The van der Waals surface area contributed by atoms with E-state index in [4.69, 9.17) is 0 Å². The van der Waals surface area contributed by atoms with Crippen molar-refractivity contribution in [2.45, 2.75) is 30.0 Å². The average molecular weight is 313 g/mol. The lowest BCUT2D eigenvalue weighted by Gasteiger charge is -2.50. The normalized spacial score (nSPS) is 35.9. The zero-order chi connectivity index (χ0) is 15.6. The summed E-state index contributed by atoms with van der Waals surface area (Å²) in [5.74, 6) is -2.09. The molecule has 1 amide bonds. The Hall–Kier alpha value is -1.77. The number of carbonyl (C=O) groups is 3. The van der Waals surface area contributed by atoms with Gasteiger partial charge in [0, 0.05) is 4.75 Å². The molecule has 0 radical (unpaired) electrons. The Kier molecular flexibility index (Phi) is 2.78. The first-order chi connectivity index (χ1) is 9.77. The van der Waals surface area contributed by atoms with Crippen LogP contribution in [0.1, 0.15) is 13.8 Å². The molecule has 0 aromatic rings. The molecule has 9 heteroatoms. The number of carbonyl (C=O) groups excluding carboxylic acids is 2. The van der Waals surface area contributed by atoms with Crippen molar-refractivity contribution < 1.29 is 24.2 Å². The highest BCUT2D eigenvalue weighted by molar-refractivity contribution is 8.01. The number of hydrogen-bond acceptors (Lipinski definition) is 7. The van der Waals surface area contributed by atoms with E-state index >= 15 is 0 Å². The Bertz CT molecular complexity index is 589. The number of rotatable bonds is 2. The molecular weight excluding hydrogens is 298 g/mol. The second-order valence-corrected chi connectivity index (χ2v) is 7.52. The molecular formula is C12H15N3O5S. The van der Waals surface area contributed by atoms with Crippen molar-refractivity contribution in [3.8, 4) is 0 Å². The smallest absolute Gasteiger partial charge is 0.355 e. The molecule has 0 aromatic heterocycles. The number of hydrogen-bond donors (Lipinski definition) is 2. The Morgan fingerprint density at radius 2 is 2.19 bits per heavy atom. The number of aliphatic carboxylic acids is 1. The topological polar surface area (TPSA) is 108 Å². The highest BCUT2D eigenvalue weighted by Gasteiger charge is 2.75. The van der Waals surface area contributed by atoms with Crippen molar-refractivity contribution in [1.29, 1.82) is 0 Å². The van der Waals surface area contributed by atoms with Gasteiger partial charge < -0.3 is 20.2 Å². The van der Waals surface area contributed by atoms with E-state index < -0.39 is 33.5 Å². The lowest BCUT2D eigenvalue weighted by atomic mass is 9.73. The van der Waals surface area contributed by atoms with Crippen LogP contribution in [0.25, 0.3) is 0 Å². The third-order valence-corrected chi connectivity index (χ3v) is 5.91. The number of methoxy groups -OCH3 is 1. The SMILES string of the molecule is COC(=O)C1=NNC[C@]12C(=O)N1[C@@H](C(=O)O)C(C)(C)S[C@@H]12. The first-order valence-electron chi connectivity index (χ1n) is 6.40. The number of carboxylic acids is 1. The molecule has 3 aliphatic heterocycles. The molecule has 0 saturated carbocycles. The molecule has 2 fully saturated rings. The molecule has 3 atom stereocenters. The number of ether oxygens (including phenoxy) is 1. The van der Waals surface area contributed by atoms with Crippen LogP contribution in [0.3, 0.4) is 0 Å². The summed E-state index contributed by atoms with van der Waals surface area (Å²) in [6.07, 6.45) is 0. The molecule has 21 heavy (non-hydrogen) atoms. The molecule has 0 unspecified atom stereocenters. The summed E-state index contributed by atoms with van der Waals surface area (Å²) in [5, 5.41) is 12.9. The molecule has 114 valence electrons. The molecule has 3 aliphatic rings. The maximum Gasteiger partial charge on any atom is 0.355 e. The summed E-state index contributed by atoms with van der Waals surface area (Å²) >= 11 is 1.38. The number of β-lactam (4-membered cyclic amide) rings is 1. The van der Waals surface area contributed by atoms with E-state index in [1.165, 1.54) is 23.8 Å². The highest BCUT2D eigenvalue weighted by atomic mass is 32.2. The minimum absolute atomic E-state index is 0.0330. The maximum absolute atomic E-state index is 12.6. The summed E-state index contributed by atoms with van der Waals surface area (Å²) in [5.41, 5.74) is 1.59. The van der Waals surface area contributed by atoms with Crippen LogP contribution in [0, 0.1) is 5.41 Å². The number of nitrogens with one attached hydrogen (secondary N) is 1. The van der Waals surface area contributed by atoms with Gasteiger partial charge in [0.25, 0.3) is 0 Å². The first-order valence-corrected chi connectivity index (χ1v) is 7.28. The number of amides is 1. The predicted molar refractivity (Wildman–Crippen MR) is 73.6 cm³/mol. The lowest BCUT2D eigenvalue weighted by Crippen LogP contribution is -2.73. The molecule has 0 aromatic carbocycles. The molecule has 0 bridgehead atoms. The van der Waals surface area contributed by atoms with Crippen molar-refractivity contribution in [3.63, 3.8) is 0 Å². The van der Waals surface area contributed by atoms with Gasteiger partial charge in [0.05, 0.1) is 13.7 Å². The highest BCUT2D eigenvalue weighted by Crippen LogP contribution is 2.59. The molecule has 8 nitrogen and oxygen atoms in total. The van der Waals surface area contributed by atoms with E-state index in [0.717, 1.165) is 0 Å². The van der Waals surface area contributed by atoms with Gasteiger partial charge in [0.2, 0.25) is 5.91 Å². The number of thioether (sulfide) groups is 1. The molecule has 3 heterocycles. The van der Waals surface area contributed by atoms with E-state index in [2.05, 4.69) is 15.3 Å². The van der Waals surface area contributed by atoms with E-state index in [-0.39, 0.29) is 18.2 Å². The third-order valence-electron chi connectivity index (χ3n) is 4.23. The summed E-state index contributed by atoms with van der Waals surface area (Å²) in [4.78, 5) is 37.3. The maximum atomic E-state index is 12.6. The zero-order valence-corrected chi connectivity index (χ0v) is 12.6. The van der Waals surface area contributed by atoms with Crippen LogP contribution in [-0.2, 0) is 19.1 Å².